The largest absolute Gasteiger partial charge is 0.385 e. The molecule has 1 aliphatic carbocycles. The molecular weight excluding hydrogens is 274 g/mol. The van der Waals surface area contributed by atoms with E-state index < -0.39 is 12.2 Å². The molecule has 3 atom stereocenters. The number of nitrogens with one attached hydrogen (secondary N) is 1. The predicted octanol–water partition coefficient (Wildman–Crippen LogP) is 2.90. The molecule has 1 unspecified atom stereocenters. The van der Waals surface area contributed by atoms with Crippen molar-refractivity contribution in [2.24, 2.45) is 0 Å². The van der Waals surface area contributed by atoms with Crippen LogP contribution in [-0.2, 0) is 0 Å². The van der Waals surface area contributed by atoms with Gasteiger partial charge in [-0.3, -0.25) is 0 Å². The quantitative estimate of drug-likeness (QED) is 0.761. The average Bonchev–Trinajstić information content (AvgIpc) is 2.65. The Balaban J connectivity index is 2.11. The second kappa shape index (κ2) is 6.61. The van der Waals surface area contributed by atoms with Crippen molar-refractivity contribution < 1.29 is 10.2 Å². The van der Waals surface area contributed by atoms with Gasteiger partial charge >= 0.3 is 0 Å². The monoisotopic (exact) mass is 297 g/mol. The Morgan fingerprint density at radius 2 is 1.27 bits per heavy atom. The van der Waals surface area contributed by atoms with Gasteiger partial charge in [-0.25, -0.2) is 0 Å². The standard InChI is InChI=1S/C19H23NO2/c1-20-12-6-11-13-14-7-2-4-9-16(14)18(21)19(22)17-10-5-3-8-15(13)17/h2-5,7-10,13,18-22H,6,11-12H2,1H3/t13?,18-,19+. The lowest BCUT2D eigenvalue weighted by molar-refractivity contribution is 0.0176. The molecule has 116 valence electrons. The maximum Gasteiger partial charge on any atom is 0.109 e. The van der Waals surface area contributed by atoms with Crippen molar-refractivity contribution in [1.29, 1.82) is 0 Å². The van der Waals surface area contributed by atoms with Gasteiger partial charge in [0, 0.05) is 5.92 Å². The number of rotatable bonds is 4. The van der Waals surface area contributed by atoms with E-state index in [1.54, 1.807) is 0 Å². The number of aliphatic hydroxyl groups excluding tert-OH is 2. The Labute approximate surface area is 131 Å². The fraction of sp³-hybridized carbons (Fsp3) is 0.368. The second-order valence-electron chi connectivity index (χ2n) is 5.95. The SMILES string of the molecule is CNCCCC1c2ccccc2[C@@H](O)[C@@H](O)c2ccccc21. The van der Waals surface area contributed by atoms with Crippen LogP contribution >= 0.6 is 0 Å². The van der Waals surface area contributed by atoms with E-state index in [1.165, 1.54) is 0 Å². The summed E-state index contributed by atoms with van der Waals surface area (Å²) in [4.78, 5) is 0. The highest BCUT2D eigenvalue weighted by molar-refractivity contribution is 5.47. The predicted molar refractivity (Wildman–Crippen MR) is 87.8 cm³/mol. The van der Waals surface area contributed by atoms with Gasteiger partial charge < -0.3 is 15.5 Å². The molecule has 0 aliphatic heterocycles. The molecule has 22 heavy (non-hydrogen) atoms. The first-order valence-corrected chi connectivity index (χ1v) is 7.92. The van der Waals surface area contributed by atoms with Gasteiger partial charge in [0.15, 0.2) is 0 Å². The van der Waals surface area contributed by atoms with Crippen LogP contribution in [0.2, 0.25) is 0 Å². The maximum absolute atomic E-state index is 10.6. The summed E-state index contributed by atoms with van der Waals surface area (Å²) in [6.07, 6.45) is 0.308. The van der Waals surface area contributed by atoms with Gasteiger partial charge in [0.1, 0.15) is 12.2 Å². The molecule has 0 aromatic heterocycles. The Morgan fingerprint density at radius 3 is 1.73 bits per heavy atom. The van der Waals surface area contributed by atoms with Crippen molar-refractivity contribution >= 4 is 0 Å². The summed E-state index contributed by atoms with van der Waals surface area (Å²) < 4.78 is 0. The molecule has 1 aliphatic rings. The van der Waals surface area contributed by atoms with Crippen molar-refractivity contribution in [1.82, 2.24) is 5.32 Å². The number of benzene rings is 2. The number of hydrogen-bond donors (Lipinski definition) is 3. The molecular formula is C19H23NO2. The van der Waals surface area contributed by atoms with Crippen molar-refractivity contribution in [3.8, 4) is 0 Å². The van der Waals surface area contributed by atoms with E-state index >= 15 is 0 Å². The summed E-state index contributed by atoms with van der Waals surface area (Å²) in [6, 6.07) is 15.9. The molecule has 0 saturated heterocycles. The van der Waals surface area contributed by atoms with Crippen LogP contribution in [0.25, 0.3) is 0 Å². The summed E-state index contributed by atoms with van der Waals surface area (Å²) in [7, 11) is 1.96. The number of hydrogen-bond acceptors (Lipinski definition) is 3. The topological polar surface area (TPSA) is 52.5 Å². The minimum atomic E-state index is -0.869. The normalized spacial score (nSPS) is 23.5. The second-order valence-corrected chi connectivity index (χ2v) is 5.95. The van der Waals surface area contributed by atoms with Gasteiger partial charge in [-0.2, -0.15) is 0 Å². The molecule has 0 saturated carbocycles. The van der Waals surface area contributed by atoms with Crippen molar-refractivity contribution in [3.05, 3.63) is 70.8 Å². The lowest BCUT2D eigenvalue weighted by Gasteiger charge is -2.20. The molecule has 2 aromatic rings. The molecule has 3 heteroatoms. The molecule has 0 amide bonds. The third-order valence-electron chi connectivity index (χ3n) is 4.60. The van der Waals surface area contributed by atoms with E-state index in [-0.39, 0.29) is 5.92 Å². The van der Waals surface area contributed by atoms with Crippen molar-refractivity contribution in [2.45, 2.75) is 31.0 Å². The first-order chi connectivity index (χ1) is 10.7. The van der Waals surface area contributed by atoms with E-state index in [2.05, 4.69) is 17.4 Å². The van der Waals surface area contributed by atoms with Crippen LogP contribution in [-0.4, -0.2) is 23.8 Å². The van der Waals surface area contributed by atoms with Gasteiger partial charge in [-0.05, 0) is 48.7 Å². The zero-order chi connectivity index (χ0) is 15.5. The molecule has 0 fully saturated rings. The summed E-state index contributed by atoms with van der Waals surface area (Å²) >= 11 is 0. The van der Waals surface area contributed by atoms with Crippen LogP contribution < -0.4 is 5.32 Å². The Bertz CT molecular complexity index is 589. The van der Waals surface area contributed by atoms with E-state index in [9.17, 15) is 10.2 Å². The smallest absolute Gasteiger partial charge is 0.109 e. The van der Waals surface area contributed by atoms with Gasteiger partial charge in [-0.1, -0.05) is 48.5 Å². The summed E-state index contributed by atoms with van der Waals surface area (Å²) in [5.41, 5.74) is 3.96. The third kappa shape index (κ3) is 2.68. The molecule has 3 rings (SSSR count). The van der Waals surface area contributed by atoms with E-state index in [4.69, 9.17) is 0 Å². The molecule has 3 N–H and O–H groups in total. The van der Waals surface area contributed by atoms with Crippen molar-refractivity contribution in [3.63, 3.8) is 0 Å². The van der Waals surface area contributed by atoms with E-state index in [0.717, 1.165) is 41.6 Å². The zero-order valence-corrected chi connectivity index (χ0v) is 12.9. The fourth-order valence-corrected chi connectivity index (χ4v) is 3.50. The van der Waals surface area contributed by atoms with Crippen LogP contribution in [0.5, 0.6) is 0 Å². The van der Waals surface area contributed by atoms with Crippen LogP contribution in [0, 0.1) is 0 Å². The van der Waals surface area contributed by atoms with Gasteiger partial charge in [0.2, 0.25) is 0 Å². The average molecular weight is 297 g/mol. The molecule has 0 spiro atoms. The molecule has 0 radical (unpaired) electrons. The first kappa shape index (κ1) is 15.2. The summed E-state index contributed by atoms with van der Waals surface area (Å²) in [6.45, 7) is 0.964. The minimum Gasteiger partial charge on any atom is -0.385 e. The minimum absolute atomic E-state index is 0.215. The first-order valence-electron chi connectivity index (χ1n) is 7.92. The zero-order valence-electron chi connectivity index (χ0n) is 12.9. The Hall–Kier alpha value is -1.68. The highest BCUT2D eigenvalue weighted by Gasteiger charge is 2.32. The molecule has 3 nitrogen and oxygen atoms in total. The highest BCUT2D eigenvalue weighted by Crippen LogP contribution is 2.44. The van der Waals surface area contributed by atoms with Crippen LogP contribution in [0.4, 0.5) is 0 Å². The van der Waals surface area contributed by atoms with E-state index in [0.29, 0.717) is 0 Å². The number of aliphatic hydroxyl groups is 2. The van der Waals surface area contributed by atoms with Crippen molar-refractivity contribution in [2.75, 3.05) is 13.6 Å². The maximum atomic E-state index is 10.6. The van der Waals surface area contributed by atoms with Gasteiger partial charge in [0.25, 0.3) is 0 Å². The highest BCUT2D eigenvalue weighted by atomic mass is 16.3. The van der Waals surface area contributed by atoms with Gasteiger partial charge in [0.05, 0.1) is 0 Å². The lowest BCUT2D eigenvalue weighted by Crippen LogP contribution is -2.11. The molecule has 2 aromatic carbocycles. The van der Waals surface area contributed by atoms with Crippen LogP contribution in [0.15, 0.2) is 48.5 Å². The van der Waals surface area contributed by atoms with E-state index in [1.807, 2.05) is 43.4 Å². The lowest BCUT2D eigenvalue weighted by atomic mass is 9.84. The fourth-order valence-electron chi connectivity index (χ4n) is 3.50. The number of fused-ring (bicyclic) bond motifs is 2. The molecule has 0 heterocycles. The summed E-state index contributed by atoms with van der Waals surface area (Å²) in [5, 5.41) is 24.4. The summed E-state index contributed by atoms with van der Waals surface area (Å²) in [5.74, 6) is 0.215. The Morgan fingerprint density at radius 1 is 0.818 bits per heavy atom. The molecule has 0 bridgehead atoms. The Kier molecular flexibility index (Phi) is 4.57. The van der Waals surface area contributed by atoms with Crippen LogP contribution in [0.3, 0.4) is 0 Å². The van der Waals surface area contributed by atoms with Crippen LogP contribution in [0.1, 0.15) is 53.2 Å². The van der Waals surface area contributed by atoms with Gasteiger partial charge in [-0.15, -0.1) is 0 Å². The third-order valence-corrected chi connectivity index (χ3v) is 4.60.